The van der Waals surface area contributed by atoms with Crippen LogP contribution >= 0.6 is 23.4 Å². The summed E-state index contributed by atoms with van der Waals surface area (Å²) >= 11 is 7.33. The molecule has 0 bridgehead atoms. The van der Waals surface area contributed by atoms with Gasteiger partial charge in [-0.05, 0) is 48.4 Å². The van der Waals surface area contributed by atoms with Gasteiger partial charge in [-0.15, -0.1) is 11.8 Å². The normalized spacial score (nSPS) is 14.8. The molecule has 1 aliphatic rings. The minimum Gasteiger partial charge on any atom is -0.268 e. The molecule has 2 aromatic rings. The number of hydrogen-bond acceptors (Lipinski definition) is 3. The Morgan fingerprint density at radius 3 is 2.27 bits per heavy atom. The molecule has 26 heavy (non-hydrogen) atoms. The van der Waals surface area contributed by atoms with Gasteiger partial charge < -0.3 is 0 Å². The molecule has 2 aromatic carbocycles. The van der Waals surface area contributed by atoms with Crippen LogP contribution in [0, 0.1) is 12.7 Å². The van der Waals surface area contributed by atoms with Crippen LogP contribution in [0.3, 0.4) is 0 Å². The third-order valence-corrected chi connectivity index (χ3v) is 5.25. The number of carbonyl (C=O) groups excluding carboxylic acids is 2. The Bertz CT molecular complexity index is 922. The number of amides is 2. The third kappa shape index (κ3) is 3.41. The molecular weight excluding hydrogens is 373 g/mol. The predicted molar refractivity (Wildman–Crippen MR) is 105 cm³/mol. The van der Waals surface area contributed by atoms with E-state index in [2.05, 4.69) is 0 Å². The molecule has 3 nitrogen and oxygen atoms in total. The van der Waals surface area contributed by atoms with Crippen molar-refractivity contribution in [1.82, 2.24) is 0 Å². The van der Waals surface area contributed by atoms with Gasteiger partial charge in [0.25, 0.3) is 11.8 Å². The maximum absolute atomic E-state index is 13.3. The second kappa shape index (κ2) is 7.25. The third-order valence-electron chi connectivity index (χ3n) is 3.93. The number of nitrogens with zero attached hydrogens (tertiary/aromatic N) is 1. The second-order valence-corrected chi connectivity index (χ2v) is 8.28. The maximum atomic E-state index is 13.3. The molecule has 1 aliphatic heterocycles. The number of benzene rings is 2. The zero-order valence-corrected chi connectivity index (χ0v) is 16.1. The molecule has 2 amide bonds. The van der Waals surface area contributed by atoms with E-state index in [4.69, 9.17) is 11.6 Å². The fourth-order valence-electron chi connectivity index (χ4n) is 2.81. The van der Waals surface area contributed by atoms with Gasteiger partial charge in [-0.3, -0.25) is 9.59 Å². The van der Waals surface area contributed by atoms with E-state index < -0.39 is 11.7 Å². The van der Waals surface area contributed by atoms with Gasteiger partial charge in [0, 0.05) is 10.3 Å². The lowest BCUT2D eigenvalue weighted by Gasteiger charge is -2.18. The lowest BCUT2D eigenvalue weighted by Crippen LogP contribution is -2.32. The highest BCUT2D eigenvalue weighted by atomic mass is 35.5. The summed E-state index contributed by atoms with van der Waals surface area (Å²) in [5.41, 5.74) is 2.07. The van der Waals surface area contributed by atoms with Gasteiger partial charge in [-0.25, -0.2) is 9.29 Å². The Balaban J connectivity index is 2.12. The van der Waals surface area contributed by atoms with E-state index in [1.165, 1.54) is 40.9 Å². The first-order valence-electron chi connectivity index (χ1n) is 8.11. The molecule has 0 saturated carbocycles. The smallest absolute Gasteiger partial charge is 0.268 e. The van der Waals surface area contributed by atoms with Crippen molar-refractivity contribution in [3.8, 4) is 0 Å². The van der Waals surface area contributed by atoms with Gasteiger partial charge >= 0.3 is 0 Å². The van der Waals surface area contributed by atoms with Gasteiger partial charge in [0.05, 0.1) is 16.2 Å². The van der Waals surface area contributed by atoms with Crippen LogP contribution in [0.25, 0.3) is 5.57 Å². The van der Waals surface area contributed by atoms with Crippen molar-refractivity contribution >= 4 is 46.4 Å². The summed E-state index contributed by atoms with van der Waals surface area (Å²) in [6.07, 6.45) is 0. The summed E-state index contributed by atoms with van der Waals surface area (Å²) in [4.78, 5) is 27.8. The first-order chi connectivity index (χ1) is 12.3. The molecule has 6 heteroatoms. The molecule has 0 unspecified atom stereocenters. The Morgan fingerprint density at radius 2 is 1.69 bits per heavy atom. The van der Waals surface area contributed by atoms with Crippen molar-refractivity contribution < 1.29 is 14.0 Å². The molecule has 134 valence electrons. The molecule has 0 fully saturated rings. The van der Waals surface area contributed by atoms with E-state index in [1.54, 1.807) is 25.1 Å². The Labute approximate surface area is 160 Å². The van der Waals surface area contributed by atoms with Crippen molar-refractivity contribution in [2.75, 3.05) is 4.90 Å². The van der Waals surface area contributed by atoms with Crippen LogP contribution in [0.2, 0.25) is 5.02 Å². The molecule has 1 heterocycles. The maximum Gasteiger partial charge on any atom is 0.272 e. The van der Waals surface area contributed by atoms with E-state index in [0.29, 0.717) is 26.8 Å². The van der Waals surface area contributed by atoms with Crippen LogP contribution in [0.4, 0.5) is 10.1 Å². The molecule has 3 rings (SSSR count). The van der Waals surface area contributed by atoms with E-state index in [9.17, 15) is 14.0 Å². The number of rotatable bonds is 4. The summed E-state index contributed by atoms with van der Waals surface area (Å²) in [5, 5.41) is 0.650. The summed E-state index contributed by atoms with van der Waals surface area (Å²) in [6, 6.07) is 10.6. The summed E-state index contributed by atoms with van der Waals surface area (Å²) < 4.78 is 13.3. The largest absolute Gasteiger partial charge is 0.272 e. The van der Waals surface area contributed by atoms with Crippen molar-refractivity contribution in [2.24, 2.45) is 0 Å². The van der Waals surface area contributed by atoms with E-state index in [-0.39, 0.29) is 11.2 Å². The predicted octanol–water partition coefficient (Wildman–Crippen LogP) is 5.21. The molecule has 0 atom stereocenters. The zero-order valence-electron chi connectivity index (χ0n) is 14.5. The topological polar surface area (TPSA) is 37.4 Å². The molecule has 0 aromatic heterocycles. The minimum absolute atomic E-state index is 0.114. The quantitative estimate of drug-likeness (QED) is 0.673. The highest BCUT2D eigenvalue weighted by Gasteiger charge is 2.41. The first-order valence-corrected chi connectivity index (χ1v) is 9.37. The van der Waals surface area contributed by atoms with Crippen LogP contribution in [-0.2, 0) is 9.59 Å². The van der Waals surface area contributed by atoms with Gasteiger partial charge in [-0.2, -0.15) is 0 Å². The van der Waals surface area contributed by atoms with Crippen LogP contribution in [0.1, 0.15) is 25.0 Å². The fourth-order valence-corrected chi connectivity index (χ4v) is 4.03. The molecule has 0 saturated heterocycles. The number of aryl methyl sites for hydroxylation is 1. The van der Waals surface area contributed by atoms with Gasteiger partial charge in [0.15, 0.2) is 0 Å². The zero-order chi connectivity index (χ0) is 19.0. The van der Waals surface area contributed by atoms with Crippen molar-refractivity contribution in [3.05, 3.63) is 69.3 Å². The van der Waals surface area contributed by atoms with Gasteiger partial charge in [-0.1, -0.05) is 37.6 Å². The van der Waals surface area contributed by atoms with Crippen molar-refractivity contribution in [2.45, 2.75) is 26.0 Å². The summed E-state index contributed by atoms with van der Waals surface area (Å²) in [5.74, 6) is -1.16. The Morgan fingerprint density at radius 1 is 1.04 bits per heavy atom. The standard InChI is InChI=1S/C20H17ClFNO2S/c1-11(2)26-18-17(13-4-7-15(22)8-5-13)19(24)23(20(18)25)16-9-6-14(21)10-12(16)3/h4-11H,1-3H3. The number of halogens is 2. The monoisotopic (exact) mass is 389 g/mol. The van der Waals surface area contributed by atoms with Crippen LogP contribution in [0.15, 0.2) is 47.4 Å². The average Bonchev–Trinajstić information content (AvgIpc) is 2.79. The van der Waals surface area contributed by atoms with Gasteiger partial charge in [0.2, 0.25) is 0 Å². The van der Waals surface area contributed by atoms with Crippen molar-refractivity contribution in [1.29, 1.82) is 0 Å². The van der Waals surface area contributed by atoms with Crippen LogP contribution in [0.5, 0.6) is 0 Å². The Kier molecular flexibility index (Phi) is 5.21. The molecule has 0 radical (unpaired) electrons. The summed E-state index contributed by atoms with van der Waals surface area (Å²) in [6.45, 7) is 5.70. The molecule has 0 N–H and O–H groups in total. The van der Waals surface area contributed by atoms with E-state index in [1.807, 2.05) is 13.8 Å². The molecular formula is C20H17ClFNO2S. The Hall–Kier alpha value is -2.11. The molecule has 0 aliphatic carbocycles. The second-order valence-electron chi connectivity index (χ2n) is 6.25. The highest BCUT2D eigenvalue weighted by molar-refractivity contribution is 8.04. The fraction of sp³-hybridized carbons (Fsp3) is 0.200. The van der Waals surface area contributed by atoms with Crippen LogP contribution < -0.4 is 4.90 Å². The number of thioether (sulfide) groups is 1. The SMILES string of the molecule is Cc1cc(Cl)ccc1N1C(=O)C(SC(C)C)=C(c2ccc(F)cc2)C1=O. The van der Waals surface area contributed by atoms with Crippen molar-refractivity contribution in [3.63, 3.8) is 0 Å². The first kappa shape index (κ1) is 18.7. The highest BCUT2D eigenvalue weighted by Crippen LogP contribution is 2.40. The van der Waals surface area contributed by atoms with Gasteiger partial charge in [0.1, 0.15) is 5.82 Å². The average molecular weight is 390 g/mol. The lowest BCUT2D eigenvalue weighted by molar-refractivity contribution is -0.119. The van der Waals surface area contributed by atoms with Crippen LogP contribution in [-0.4, -0.2) is 17.1 Å². The number of anilines is 1. The number of hydrogen-bond donors (Lipinski definition) is 0. The summed E-state index contributed by atoms with van der Waals surface area (Å²) in [7, 11) is 0. The number of imide groups is 1. The van der Waals surface area contributed by atoms with E-state index >= 15 is 0 Å². The lowest BCUT2D eigenvalue weighted by atomic mass is 10.1. The minimum atomic E-state index is -0.407. The molecule has 0 spiro atoms. The number of carbonyl (C=O) groups is 2. The van der Waals surface area contributed by atoms with E-state index in [0.717, 1.165) is 5.56 Å².